The minimum atomic E-state index is -1.36. The Morgan fingerprint density at radius 2 is 1.77 bits per heavy atom. The molecule has 0 aliphatic rings. The first-order valence-electron chi connectivity index (χ1n) is 3.44. The average molecular weight is 220 g/mol. The van der Waals surface area contributed by atoms with Gasteiger partial charge in [0.1, 0.15) is 0 Å². The van der Waals surface area contributed by atoms with Gasteiger partial charge in [0.05, 0.1) is 0 Å². The predicted octanol–water partition coefficient (Wildman–Crippen LogP) is 1.51. The van der Waals surface area contributed by atoms with Crippen LogP contribution in [0.2, 0.25) is 10.0 Å². The first-order chi connectivity index (χ1) is 6.00. The number of nitrogens with two attached hydrogens (primary N) is 1. The number of hydrogen-bond acceptors (Lipinski definition) is 2. The predicted molar refractivity (Wildman–Crippen MR) is 50.6 cm³/mol. The molecule has 0 saturated carbocycles. The van der Waals surface area contributed by atoms with Crippen LogP contribution in [0.4, 0.5) is 0 Å². The van der Waals surface area contributed by atoms with Gasteiger partial charge in [-0.25, -0.2) is 0 Å². The number of amides is 1. The van der Waals surface area contributed by atoms with Gasteiger partial charge in [0.2, 0.25) is 0 Å². The quantitative estimate of drug-likeness (QED) is 0.793. The maximum atomic E-state index is 10.6. The second-order valence-electron chi connectivity index (χ2n) is 2.51. The third-order valence-corrected chi connectivity index (χ3v) is 1.91. The van der Waals surface area contributed by atoms with Gasteiger partial charge in [-0.15, -0.1) is 0 Å². The average Bonchev–Trinajstić information content (AvgIpc) is 2.01. The molecule has 70 valence electrons. The van der Waals surface area contributed by atoms with Gasteiger partial charge in [-0.05, 0) is 23.8 Å². The highest BCUT2D eigenvalue weighted by molar-refractivity contribution is 6.34. The summed E-state index contributed by atoms with van der Waals surface area (Å²) >= 11 is 11.3. The highest BCUT2D eigenvalue weighted by Crippen LogP contribution is 2.23. The Labute approximate surface area is 85.1 Å². The Morgan fingerprint density at radius 3 is 2.15 bits per heavy atom. The third kappa shape index (κ3) is 2.59. The fourth-order valence-electron chi connectivity index (χ4n) is 0.897. The van der Waals surface area contributed by atoms with Gasteiger partial charge in [0.15, 0.2) is 6.10 Å². The molecule has 1 aromatic rings. The maximum absolute atomic E-state index is 10.6. The number of rotatable bonds is 2. The minimum absolute atomic E-state index is 0.296. The summed E-state index contributed by atoms with van der Waals surface area (Å²) < 4.78 is 0. The van der Waals surface area contributed by atoms with Gasteiger partial charge in [-0.1, -0.05) is 23.2 Å². The van der Waals surface area contributed by atoms with E-state index in [1.807, 2.05) is 0 Å². The van der Waals surface area contributed by atoms with Crippen LogP contribution < -0.4 is 5.73 Å². The lowest BCUT2D eigenvalue weighted by molar-refractivity contribution is -0.126. The van der Waals surface area contributed by atoms with Gasteiger partial charge >= 0.3 is 0 Å². The minimum Gasteiger partial charge on any atom is -0.378 e. The molecule has 13 heavy (non-hydrogen) atoms. The number of hydrogen-bond donors (Lipinski definition) is 2. The summed E-state index contributed by atoms with van der Waals surface area (Å²) in [5.74, 6) is -0.835. The second kappa shape index (κ2) is 3.96. The van der Waals surface area contributed by atoms with E-state index in [4.69, 9.17) is 28.9 Å². The molecule has 1 unspecified atom stereocenters. The van der Waals surface area contributed by atoms with Gasteiger partial charge in [-0.2, -0.15) is 0 Å². The van der Waals surface area contributed by atoms with Crippen molar-refractivity contribution in [1.29, 1.82) is 0 Å². The van der Waals surface area contributed by atoms with Gasteiger partial charge in [-0.3, -0.25) is 4.79 Å². The van der Waals surface area contributed by atoms with Crippen LogP contribution in [0.25, 0.3) is 0 Å². The number of aliphatic hydroxyl groups is 1. The van der Waals surface area contributed by atoms with Crippen LogP contribution in [0.3, 0.4) is 0 Å². The zero-order valence-corrected chi connectivity index (χ0v) is 8.01. The topological polar surface area (TPSA) is 63.3 Å². The number of primary amides is 1. The Balaban J connectivity index is 3.07. The maximum Gasteiger partial charge on any atom is 0.250 e. The van der Waals surface area contributed by atoms with Crippen molar-refractivity contribution in [3.63, 3.8) is 0 Å². The monoisotopic (exact) mass is 219 g/mol. The SMILES string of the molecule is NC(=O)C(O)c1cc(Cl)cc(Cl)c1. The fraction of sp³-hybridized carbons (Fsp3) is 0.125. The number of aliphatic hydroxyl groups excluding tert-OH is 1. The van der Waals surface area contributed by atoms with Crippen molar-refractivity contribution in [2.75, 3.05) is 0 Å². The fourth-order valence-corrected chi connectivity index (χ4v) is 1.44. The summed E-state index contributed by atoms with van der Waals surface area (Å²) in [6.45, 7) is 0. The molecule has 0 spiro atoms. The molecular formula is C8H7Cl2NO2. The standard InChI is InChI=1S/C8H7Cl2NO2/c9-5-1-4(2-6(10)3-5)7(12)8(11)13/h1-3,7,12H,(H2,11,13). The molecule has 1 aromatic carbocycles. The number of benzene rings is 1. The Morgan fingerprint density at radius 1 is 1.31 bits per heavy atom. The van der Waals surface area contributed by atoms with Crippen LogP contribution in [0.5, 0.6) is 0 Å². The molecule has 0 aromatic heterocycles. The van der Waals surface area contributed by atoms with Gasteiger partial charge < -0.3 is 10.8 Å². The van der Waals surface area contributed by atoms with Gasteiger partial charge in [0.25, 0.3) is 5.91 Å². The van der Waals surface area contributed by atoms with E-state index in [-0.39, 0.29) is 0 Å². The molecule has 1 rings (SSSR count). The summed E-state index contributed by atoms with van der Waals surface area (Å²) in [7, 11) is 0. The van der Waals surface area contributed by atoms with E-state index in [0.29, 0.717) is 15.6 Å². The largest absolute Gasteiger partial charge is 0.378 e. The molecule has 1 atom stereocenters. The zero-order valence-electron chi connectivity index (χ0n) is 6.50. The number of carbonyl (C=O) groups is 1. The van der Waals surface area contributed by atoms with Crippen molar-refractivity contribution in [3.05, 3.63) is 33.8 Å². The number of carbonyl (C=O) groups excluding carboxylic acids is 1. The van der Waals surface area contributed by atoms with Crippen molar-refractivity contribution in [1.82, 2.24) is 0 Å². The van der Waals surface area contributed by atoms with Crippen molar-refractivity contribution in [2.24, 2.45) is 5.73 Å². The molecule has 0 radical (unpaired) electrons. The van der Waals surface area contributed by atoms with Crippen LogP contribution in [0.1, 0.15) is 11.7 Å². The first kappa shape index (κ1) is 10.3. The molecule has 5 heteroatoms. The molecule has 3 N–H and O–H groups in total. The molecule has 0 heterocycles. The zero-order chi connectivity index (χ0) is 10.0. The van der Waals surface area contributed by atoms with E-state index in [2.05, 4.69) is 0 Å². The molecule has 3 nitrogen and oxygen atoms in total. The van der Waals surface area contributed by atoms with Crippen molar-refractivity contribution >= 4 is 29.1 Å². The molecule has 0 bridgehead atoms. The summed E-state index contributed by atoms with van der Waals surface area (Å²) in [4.78, 5) is 10.6. The van der Waals surface area contributed by atoms with E-state index in [1.165, 1.54) is 18.2 Å². The van der Waals surface area contributed by atoms with Crippen LogP contribution in [-0.4, -0.2) is 11.0 Å². The lowest BCUT2D eigenvalue weighted by atomic mass is 10.1. The summed E-state index contributed by atoms with van der Waals surface area (Å²) in [5, 5.41) is 9.95. The van der Waals surface area contributed by atoms with Crippen LogP contribution >= 0.6 is 23.2 Å². The molecule has 0 fully saturated rings. The lowest BCUT2D eigenvalue weighted by Crippen LogP contribution is -2.20. The van der Waals surface area contributed by atoms with E-state index in [1.54, 1.807) is 0 Å². The highest BCUT2D eigenvalue weighted by Gasteiger charge is 2.14. The molecule has 0 aliphatic heterocycles. The summed E-state index contributed by atoms with van der Waals surface area (Å²) in [6, 6.07) is 4.37. The smallest absolute Gasteiger partial charge is 0.250 e. The van der Waals surface area contributed by atoms with Crippen molar-refractivity contribution in [2.45, 2.75) is 6.10 Å². The van der Waals surface area contributed by atoms with Gasteiger partial charge in [0, 0.05) is 10.0 Å². The molecule has 0 saturated heterocycles. The van der Waals surface area contributed by atoms with Crippen LogP contribution in [0, 0.1) is 0 Å². The van der Waals surface area contributed by atoms with E-state index < -0.39 is 12.0 Å². The molecule has 0 aliphatic carbocycles. The Kier molecular flexibility index (Phi) is 3.14. The number of halogens is 2. The molecule has 1 amide bonds. The molecular weight excluding hydrogens is 213 g/mol. The van der Waals surface area contributed by atoms with E-state index in [0.717, 1.165) is 0 Å². The van der Waals surface area contributed by atoms with Crippen molar-refractivity contribution < 1.29 is 9.90 Å². The van der Waals surface area contributed by atoms with E-state index >= 15 is 0 Å². The summed E-state index contributed by atoms with van der Waals surface area (Å²) in [5.41, 5.74) is 5.19. The van der Waals surface area contributed by atoms with Crippen LogP contribution in [0.15, 0.2) is 18.2 Å². The highest BCUT2D eigenvalue weighted by atomic mass is 35.5. The summed E-state index contributed by atoms with van der Waals surface area (Å²) in [6.07, 6.45) is -1.36. The van der Waals surface area contributed by atoms with Crippen molar-refractivity contribution in [3.8, 4) is 0 Å². The Hall–Kier alpha value is -0.770. The van der Waals surface area contributed by atoms with Crippen LogP contribution in [-0.2, 0) is 4.79 Å². The lowest BCUT2D eigenvalue weighted by Gasteiger charge is -2.07. The second-order valence-corrected chi connectivity index (χ2v) is 3.38. The Bertz CT molecular complexity index is 321. The third-order valence-electron chi connectivity index (χ3n) is 1.47. The normalized spacial score (nSPS) is 12.5. The van der Waals surface area contributed by atoms with E-state index in [9.17, 15) is 9.90 Å². The first-order valence-corrected chi connectivity index (χ1v) is 4.19.